The molecule has 5 nitrogen and oxygen atoms in total. The summed E-state index contributed by atoms with van der Waals surface area (Å²) in [5, 5.41) is 10.5. The van der Waals surface area contributed by atoms with Crippen LogP contribution in [-0.4, -0.2) is 24.2 Å². The minimum atomic E-state index is -1.09. The van der Waals surface area contributed by atoms with Crippen LogP contribution in [0, 0.1) is 23.5 Å². The number of anilines is 2. The van der Waals surface area contributed by atoms with Gasteiger partial charge in [0.05, 0.1) is 22.3 Å². The summed E-state index contributed by atoms with van der Waals surface area (Å²) < 4.78 is 34.6. The van der Waals surface area contributed by atoms with E-state index >= 15 is 0 Å². The second-order valence-corrected chi connectivity index (χ2v) is 10.9. The molecule has 0 radical (unpaired) electrons. The molecule has 1 unspecified atom stereocenters. The fourth-order valence-corrected chi connectivity index (χ4v) is 6.37. The SMILES string of the molecule is O=C(NC1CCCCC1)C(C1CCCCC1)C1(COc2ccccc2Cl)Nc2cc(F)c(F)cc2N1. The van der Waals surface area contributed by atoms with E-state index < -0.39 is 23.2 Å². The smallest absolute Gasteiger partial charge is 0.228 e. The first-order valence-electron chi connectivity index (χ1n) is 13.2. The van der Waals surface area contributed by atoms with Crippen molar-refractivity contribution in [1.82, 2.24) is 5.32 Å². The lowest BCUT2D eigenvalue weighted by atomic mass is 9.73. The molecule has 36 heavy (non-hydrogen) atoms. The molecule has 1 atom stereocenters. The van der Waals surface area contributed by atoms with Crippen molar-refractivity contribution in [2.45, 2.75) is 75.9 Å². The maximum absolute atomic E-state index is 14.2. The highest BCUT2D eigenvalue weighted by atomic mass is 35.5. The molecule has 2 aromatic carbocycles. The molecular weight excluding hydrogens is 484 g/mol. The Kier molecular flexibility index (Phi) is 7.56. The highest BCUT2D eigenvalue weighted by Crippen LogP contribution is 2.45. The molecule has 1 amide bonds. The first-order valence-corrected chi connectivity index (χ1v) is 13.6. The lowest BCUT2D eigenvalue weighted by Gasteiger charge is -2.43. The molecule has 0 bridgehead atoms. The van der Waals surface area contributed by atoms with E-state index in [9.17, 15) is 13.6 Å². The Labute approximate surface area is 216 Å². The van der Waals surface area contributed by atoms with Crippen molar-refractivity contribution in [1.29, 1.82) is 0 Å². The number of hydrogen-bond acceptors (Lipinski definition) is 4. The van der Waals surface area contributed by atoms with Gasteiger partial charge in [0.2, 0.25) is 5.91 Å². The van der Waals surface area contributed by atoms with Crippen LogP contribution in [0.15, 0.2) is 36.4 Å². The molecule has 3 aliphatic rings. The average Bonchev–Trinajstić information content (AvgIpc) is 3.22. The van der Waals surface area contributed by atoms with Gasteiger partial charge in [-0.3, -0.25) is 4.79 Å². The zero-order chi connectivity index (χ0) is 25.1. The molecule has 3 N–H and O–H groups in total. The summed E-state index contributed by atoms with van der Waals surface area (Å²) in [6.07, 6.45) is 10.5. The number of rotatable bonds is 7. The molecule has 194 valence electrons. The van der Waals surface area contributed by atoms with Crippen molar-refractivity contribution >= 4 is 28.9 Å². The van der Waals surface area contributed by atoms with Crippen LogP contribution in [-0.2, 0) is 4.79 Å². The third kappa shape index (κ3) is 5.26. The summed E-state index contributed by atoms with van der Waals surface area (Å²) in [7, 11) is 0. The van der Waals surface area contributed by atoms with E-state index in [2.05, 4.69) is 16.0 Å². The van der Waals surface area contributed by atoms with Crippen LogP contribution < -0.4 is 20.7 Å². The number of benzene rings is 2. The zero-order valence-corrected chi connectivity index (χ0v) is 21.2. The molecule has 2 aliphatic carbocycles. The predicted molar refractivity (Wildman–Crippen MR) is 138 cm³/mol. The Bertz CT molecular complexity index is 1060. The Hall–Kier alpha value is -2.54. The fourth-order valence-electron chi connectivity index (χ4n) is 6.18. The van der Waals surface area contributed by atoms with Crippen LogP contribution in [0.3, 0.4) is 0 Å². The summed E-state index contributed by atoms with van der Waals surface area (Å²) in [6, 6.07) is 9.61. The molecule has 0 spiro atoms. The number of para-hydroxylation sites is 1. The highest BCUT2D eigenvalue weighted by molar-refractivity contribution is 6.32. The minimum Gasteiger partial charge on any atom is -0.488 e. The van der Waals surface area contributed by atoms with Gasteiger partial charge in [0.15, 0.2) is 17.3 Å². The van der Waals surface area contributed by atoms with E-state index in [1.165, 1.54) is 6.42 Å². The van der Waals surface area contributed by atoms with Crippen LogP contribution in [0.5, 0.6) is 5.75 Å². The fraction of sp³-hybridized carbons (Fsp3) is 0.536. The first kappa shape index (κ1) is 25.1. The van der Waals surface area contributed by atoms with Crippen molar-refractivity contribution in [2.24, 2.45) is 11.8 Å². The van der Waals surface area contributed by atoms with E-state index in [1.54, 1.807) is 12.1 Å². The first-order chi connectivity index (χ1) is 17.4. The molecule has 2 saturated carbocycles. The lowest BCUT2D eigenvalue weighted by molar-refractivity contribution is -0.130. The van der Waals surface area contributed by atoms with E-state index in [0.717, 1.165) is 69.9 Å². The van der Waals surface area contributed by atoms with Crippen LogP contribution in [0.25, 0.3) is 0 Å². The number of ether oxygens (including phenoxy) is 1. The normalized spacial score (nSPS) is 20.6. The van der Waals surface area contributed by atoms with E-state index in [-0.39, 0.29) is 24.5 Å². The van der Waals surface area contributed by atoms with Gasteiger partial charge in [0.1, 0.15) is 12.4 Å². The maximum atomic E-state index is 14.2. The van der Waals surface area contributed by atoms with Gasteiger partial charge in [0.25, 0.3) is 0 Å². The average molecular weight is 518 g/mol. The van der Waals surface area contributed by atoms with Crippen molar-refractivity contribution in [2.75, 3.05) is 17.2 Å². The van der Waals surface area contributed by atoms with Gasteiger partial charge in [-0.2, -0.15) is 0 Å². The summed E-state index contributed by atoms with van der Waals surface area (Å²) in [4.78, 5) is 14.0. The zero-order valence-electron chi connectivity index (χ0n) is 20.4. The number of carbonyl (C=O) groups excluding carboxylic acids is 1. The molecule has 2 aromatic rings. The second-order valence-electron chi connectivity index (χ2n) is 10.5. The van der Waals surface area contributed by atoms with Gasteiger partial charge < -0.3 is 20.7 Å². The molecule has 2 fully saturated rings. The number of carbonyl (C=O) groups is 1. The van der Waals surface area contributed by atoms with Gasteiger partial charge >= 0.3 is 0 Å². The number of halogens is 3. The summed E-state index contributed by atoms with van der Waals surface area (Å²) in [6.45, 7) is 0.0495. The van der Waals surface area contributed by atoms with Crippen molar-refractivity contribution < 1.29 is 18.3 Å². The number of amides is 1. The maximum Gasteiger partial charge on any atom is 0.228 e. The minimum absolute atomic E-state index is 0.0368. The van der Waals surface area contributed by atoms with Crippen molar-refractivity contribution in [3.63, 3.8) is 0 Å². The molecular formula is C28H34ClF2N3O2. The van der Waals surface area contributed by atoms with Gasteiger partial charge in [-0.1, -0.05) is 62.3 Å². The molecule has 0 saturated heterocycles. The topological polar surface area (TPSA) is 62.4 Å². The number of nitrogens with one attached hydrogen (secondary N) is 3. The second kappa shape index (κ2) is 10.8. The third-order valence-electron chi connectivity index (χ3n) is 7.95. The van der Waals surface area contributed by atoms with E-state index in [4.69, 9.17) is 16.3 Å². The van der Waals surface area contributed by atoms with Gasteiger partial charge in [-0.15, -0.1) is 0 Å². The molecule has 8 heteroatoms. The van der Waals surface area contributed by atoms with E-state index in [0.29, 0.717) is 22.1 Å². The van der Waals surface area contributed by atoms with Crippen LogP contribution in [0.1, 0.15) is 64.2 Å². The highest BCUT2D eigenvalue weighted by Gasteiger charge is 2.52. The monoisotopic (exact) mass is 517 g/mol. The quantitative estimate of drug-likeness (QED) is 0.375. The third-order valence-corrected chi connectivity index (χ3v) is 8.27. The Morgan fingerprint density at radius 3 is 2.17 bits per heavy atom. The van der Waals surface area contributed by atoms with Crippen molar-refractivity contribution in [3.05, 3.63) is 53.1 Å². The molecule has 0 aromatic heterocycles. The number of fused-ring (bicyclic) bond motifs is 1. The van der Waals surface area contributed by atoms with Gasteiger partial charge in [-0.25, -0.2) is 8.78 Å². The number of hydrogen-bond donors (Lipinski definition) is 3. The van der Waals surface area contributed by atoms with Gasteiger partial charge in [-0.05, 0) is 43.7 Å². The summed E-state index contributed by atoms with van der Waals surface area (Å²) >= 11 is 6.36. The summed E-state index contributed by atoms with van der Waals surface area (Å²) in [5.41, 5.74) is -0.256. The molecule has 5 rings (SSSR count). The van der Waals surface area contributed by atoms with Gasteiger partial charge in [0, 0.05) is 18.2 Å². The Morgan fingerprint density at radius 2 is 1.56 bits per heavy atom. The van der Waals surface area contributed by atoms with E-state index in [1.807, 2.05) is 12.1 Å². The Balaban J connectivity index is 1.50. The van der Waals surface area contributed by atoms with Crippen LogP contribution in [0.4, 0.5) is 20.2 Å². The lowest BCUT2D eigenvalue weighted by Crippen LogP contribution is -2.61. The summed E-state index contributed by atoms with van der Waals surface area (Å²) in [5.74, 6) is -1.84. The Morgan fingerprint density at radius 1 is 0.972 bits per heavy atom. The molecule has 1 heterocycles. The van der Waals surface area contributed by atoms with Crippen LogP contribution >= 0.6 is 11.6 Å². The van der Waals surface area contributed by atoms with Crippen molar-refractivity contribution in [3.8, 4) is 5.75 Å². The standard InChI is InChI=1S/C28H34ClF2N3O2/c29-20-13-7-8-14-25(20)36-17-28(33-23-15-21(30)22(31)16-24(23)34-28)26(18-9-3-1-4-10-18)27(35)32-19-11-5-2-6-12-19/h7-8,13-16,18-19,26,33-34H,1-6,9-12,17H2,(H,32,35). The molecule has 1 aliphatic heterocycles. The van der Waals surface area contributed by atoms with Crippen LogP contribution in [0.2, 0.25) is 5.02 Å². The predicted octanol–water partition coefficient (Wildman–Crippen LogP) is 6.88. The largest absolute Gasteiger partial charge is 0.488 e.